The molecule has 0 aliphatic rings. The van der Waals surface area contributed by atoms with Gasteiger partial charge in [-0.1, -0.05) is 31.5 Å². The summed E-state index contributed by atoms with van der Waals surface area (Å²) < 4.78 is 0. The summed E-state index contributed by atoms with van der Waals surface area (Å²) in [5.41, 5.74) is 6.07. The Morgan fingerprint density at radius 1 is 1.38 bits per heavy atom. The molecule has 1 aromatic carbocycles. The monoisotopic (exact) mass is 215 g/mol. The van der Waals surface area contributed by atoms with E-state index in [0.29, 0.717) is 0 Å². The second-order valence-electron chi connectivity index (χ2n) is 4.04. The average molecular weight is 215 g/mol. The van der Waals surface area contributed by atoms with Crippen molar-refractivity contribution in [2.45, 2.75) is 26.7 Å². The van der Waals surface area contributed by atoms with Gasteiger partial charge in [0.2, 0.25) is 0 Å². The number of nitrogens with zero attached hydrogens (tertiary/aromatic N) is 1. The molecule has 0 saturated heterocycles. The minimum atomic E-state index is 0.760. The van der Waals surface area contributed by atoms with E-state index in [-0.39, 0.29) is 0 Å². The first-order valence-electron chi connectivity index (χ1n) is 5.62. The van der Waals surface area contributed by atoms with Crippen molar-refractivity contribution in [1.29, 1.82) is 0 Å². The Morgan fingerprint density at radius 3 is 2.88 bits per heavy atom. The van der Waals surface area contributed by atoms with E-state index >= 15 is 0 Å². The number of nitrogen functional groups attached to an aromatic ring is 1. The normalized spacial score (nSPS) is 10.7. The highest BCUT2D eigenvalue weighted by Gasteiger charge is 2.05. The molecule has 3 heteroatoms. The van der Waals surface area contributed by atoms with E-state index in [0.717, 1.165) is 29.7 Å². The van der Waals surface area contributed by atoms with Crippen LogP contribution in [-0.4, -0.2) is 4.98 Å². The van der Waals surface area contributed by atoms with Crippen LogP contribution in [0.3, 0.4) is 0 Å². The maximum absolute atomic E-state index is 5.45. The third kappa shape index (κ3) is 1.86. The van der Waals surface area contributed by atoms with E-state index in [1.165, 1.54) is 10.9 Å². The smallest absolute Gasteiger partial charge is 0.143 e. The first kappa shape index (κ1) is 10.9. The van der Waals surface area contributed by atoms with Crippen LogP contribution >= 0.6 is 0 Å². The molecule has 0 radical (unpaired) electrons. The Morgan fingerprint density at radius 2 is 2.19 bits per heavy atom. The van der Waals surface area contributed by atoms with Gasteiger partial charge in [0.25, 0.3) is 0 Å². The first-order chi connectivity index (χ1) is 7.76. The summed E-state index contributed by atoms with van der Waals surface area (Å²) in [4.78, 5) is 4.58. The minimum absolute atomic E-state index is 0.760. The molecule has 1 aromatic heterocycles. The third-order valence-corrected chi connectivity index (χ3v) is 2.78. The van der Waals surface area contributed by atoms with Crippen LogP contribution in [0, 0.1) is 6.92 Å². The number of rotatable bonds is 3. The van der Waals surface area contributed by atoms with Gasteiger partial charge in [-0.25, -0.2) is 10.8 Å². The van der Waals surface area contributed by atoms with Crippen LogP contribution in [0.4, 0.5) is 5.82 Å². The van der Waals surface area contributed by atoms with Crippen LogP contribution in [0.1, 0.15) is 24.5 Å². The van der Waals surface area contributed by atoms with Crippen molar-refractivity contribution in [3.8, 4) is 0 Å². The third-order valence-electron chi connectivity index (χ3n) is 2.78. The van der Waals surface area contributed by atoms with Gasteiger partial charge in [0, 0.05) is 5.39 Å². The maximum Gasteiger partial charge on any atom is 0.143 e. The molecular formula is C13H17N3. The molecule has 0 atom stereocenters. The van der Waals surface area contributed by atoms with Gasteiger partial charge in [0.1, 0.15) is 5.82 Å². The predicted molar refractivity (Wildman–Crippen MR) is 68.3 cm³/mol. The number of para-hydroxylation sites is 1. The van der Waals surface area contributed by atoms with Crippen molar-refractivity contribution in [3.05, 3.63) is 35.4 Å². The van der Waals surface area contributed by atoms with E-state index in [1.54, 1.807) is 0 Å². The second-order valence-corrected chi connectivity index (χ2v) is 4.04. The molecule has 0 fully saturated rings. The lowest BCUT2D eigenvalue weighted by Crippen LogP contribution is -2.10. The van der Waals surface area contributed by atoms with Crippen molar-refractivity contribution in [2.75, 3.05) is 5.43 Å². The molecule has 84 valence electrons. The van der Waals surface area contributed by atoms with Gasteiger partial charge in [-0.05, 0) is 30.5 Å². The molecule has 0 aliphatic carbocycles. The number of nitrogens with two attached hydrogens (primary N) is 1. The predicted octanol–water partition coefficient (Wildman–Crippen LogP) is 2.78. The summed E-state index contributed by atoms with van der Waals surface area (Å²) >= 11 is 0. The van der Waals surface area contributed by atoms with Gasteiger partial charge in [-0.15, -0.1) is 0 Å². The highest BCUT2D eigenvalue weighted by molar-refractivity contribution is 5.84. The number of hydrogen-bond donors (Lipinski definition) is 2. The number of hydrazine groups is 1. The van der Waals surface area contributed by atoms with Gasteiger partial charge in [0.15, 0.2) is 0 Å². The van der Waals surface area contributed by atoms with Gasteiger partial charge in [-0.2, -0.15) is 0 Å². The standard InChI is InChI=1S/C13H17N3/c1-3-5-10-6-4-7-11-8-9(2)13(16-14)15-12(10)11/h4,6-8H,3,5,14H2,1-2H3,(H,15,16). The fourth-order valence-electron chi connectivity index (χ4n) is 1.98. The van der Waals surface area contributed by atoms with Gasteiger partial charge < -0.3 is 5.43 Å². The summed E-state index contributed by atoms with van der Waals surface area (Å²) in [6.45, 7) is 4.18. The molecule has 16 heavy (non-hydrogen) atoms. The highest BCUT2D eigenvalue weighted by atomic mass is 15.2. The number of aromatic nitrogens is 1. The molecule has 0 saturated carbocycles. The number of aryl methyl sites for hydroxylation is 2. The molecule has 0 amide bonds. The number of benzene rings is 1. The Kier molecular flexibility index (Phi) is 3.06. The number of fused-ring (bicyclic) bond motifs is 1. The largest absolute Gasteiger partial charge is 0.308 e. The zero-order valence-electron chi connectivity index (χ0n) is 9.75. The molecule has 0 unspecified atom stereocenters. The van der Waals surface area contributed by atoms with Crippen LogP contribution in [0.15, 0.2) is 24.3 Å². The maximum atomic E-state index is 5.45. The Labute approximate surface area is 95.7 Å². The van der Waals surface area contributed by atoms with E-state index in [4.69, 9.17) is 5.84 Å². The minimum Gasteiger partial charge on any atom is -0.308 e. The Bertz CT molecular complexity index is 506. The lowest BCUT2D eigenvalue weighted by Gasteiger charge is -2.09. The van der Waals surface area contributed by atoms with Crippen molar-refractivity contribution >= 4 is 16.7 Å². The van der Waals surface area contributed by atoms with E-state index in [9.17, 15) is 0 Å². The lowest BCUT2D eigenvalue weighted by atomic mass is 10.0. The topological polar surface area (TPSA) is 50.9 Å². The number of anilines is 1. The first-order valence-corrected chi connectivity index (χ1v) is 5.62. The van der Waals surface area contributed by atoms with Crippen molar-refractivity contribution in [2.24, 2.45) is 5.84 Å². The van der Waals surface area contributed by atoms with Crippen LogP contribution in [0.5, 0.6) is 0 Å². The zero-order valence-corrected chi connectivity index (χ0v) is 9.75. The molecule has 1 heterocycles. The van der Waals surface area contributed by atoms with Gasteiger partial charge in [-0.3, -0.25) is 0 Å². The SMILES string of the molecule is CCCc1cccc2cc(C)c(NN)nc12. The molecular weight excluding hydrogens is 198 g/mol. The molecule has 2 aromatic rings. The Balaban J connectivity index is 2.66. The van der Waals surface area contributed by atoms with Crippen LogP contribution in [-0.2, 0) is 6.42 Å². The van der Waals surface area contributed by atoms with E-state index in [1.807, 2.05) is 6.92 Å². The quantitative estimate of drug-likeness (QED) is 0.611. The summed E-state index contributed by atoms with van der Waals surface area (Å²) in [5.74, 6) is 6.21. The van der Waals surface area contributed by atoms with Gasteiger partial charge >= 0.3 is 0 Å². The molecule has 0 bridgehead atoms. The molecule has 2 rings (SSSR count). The molecule has 3 N–H and O–H groups in total. The van der Waals surface area contributed by atoms with E-state index < -0.39 is 0 Å². The van der Waals surface area contributed by atoms with Crippen molar-refractivity contribution < 1.29 is 0 Å². The van der Waals surface area contributed by atoms with Gasteiger partial charge in [0.05, 0.1) is 5.52 Å². The van der Waals surface area contributed by atoms with Crippen LogP contribution < -0.4 is 11.3 Å². The molecule has 0 spiro atoms. The number of nitrogens with one attached hydrogen (secondary N) is 1. The molecule has 3 nitrogen and oxygen atoms in total. The fourth-order valence-corrected chi connectivity index (χ4v) is 1.98. The fraction of sp³-hybridized carbons (Fsp3) is 0.308. The summed E-state index contributed by atoms with van der Waals surface area (Å²) in [5, 5.41) is 1.18. The summed E-state index contributed by atoms with van der Waals surface area (Å²) in [7, 11) is 0. The number of pyridine rings is 1. The van der Waals surface area contributed by atoms with Crippen molar-refractivity contribution in [3.63, 3.8) is 0 Å². The lowest BCUT2D eigenvalue weighted by molar-refractivity contribution is 0.926. The number of hydrogen-bond acceptors (Lipinski definition) is 3. The summed E-state index contributed by atoms with van der Waals surface area (Å²) in [6.07, 6.45) is 2.18. The molecule has 0 aliphatic heterocycles. The van der Waals surface area contributed by atoms with Crippen LogP contribution in [0.2, 0.25) is 0 Å². The Hall–Kier alpha value is -1.61. The second kappa shape index (κ2) is 4.49. The zero-order chi connectivity index (χ0) is 11.5. The summed E-state index contributed by atoms with van der Waals surface area (Å²) in [6, 6.07) is 8.43. The highest BCUT2D eigenvalue weighted by Crippen LogP contribution is 2.22. The average Bonchev–Trinajstić information content (AvgIpc) is 2.29. The van der Waals surface area contributed by atoms with Crippen molar-refractivity contribution in [1.82, 2.24) is 4.98 Å². The van der Waals surface area contributed by atoms with E-state index in [2.05, 4.69) is 41.6 Å². The van der Waals surface area contributed by atoms with Crippen LogP contribution in [0.25, 0.3) is 10.9 Å².